The van der Waals surface area contributed by atoms with Gasteiger partial charge in [-0.1, -0.05) is 24.3 Å². The van der Waals surface area contributed by atoms with Gasteiger partial charge in [-0.25, -0.2) is 0 Å². The Labute approximate surface area is 171 Å². The third-order valence-electron chi connectivity index (χ3n) is 5.05. The second-order valence-corrected chi connectivity index (χ2v) is 7.57. The molecule has 3 aromatic rings. The Morgan fingerprint density at radius 3 is 2.79 bits per heavy atom. The molecule has 3 heterocycles. The van der Waals surface area contributed by atoms with E-state index >= 15 is 0 Å². The van der Waals surface area contributed by atoms with E-state index in [-0.39, 0.29) is 5.54 Å². The Kier molecular flexibility index (Phi) is 6.56. The second kappa shape index (κ2) is 9.11. The minimum absolute atomic E-state index is 0.106. The molecular weight excluding hydrogens is 364 g/mol. The summed E-state index contributed by atoms with van der Waals surface area (Å²) in [5, 5.41) is 8.98. The number of ether oxygens (including phenoxy) is 1. The van der Waals surface area contributed by atoms with Crippen molar-refractivity contribution in [1.82, 2.24) is 20.6 Å². The van der Waals surface area contributed by atoms with Crippen LogP contribution in [0.4, 0.5) is 0 Å². The van der Waals surface area contributed by atoms with Crippen LogP contribution in [0.25, 0.3) is 10.8 Å². The number of aromatic nitrogens is 2. The van der Waals surface area contributed by atoms with E-state index in [0.717, 1.165) is 29.8 Å². The lowest BCUT2D eigenvalue weighted by atomic mass is 9.94. The smallest absolute Gasteiger partial charge is 0.155 e. The molecule has 0 aliphatic carbocycles. The number of rotatable bonds is 3. The van der Waals surface area contributed by atoms with Crippen LogP contribution in [0.3, 0.4) is 0 Å². The first-order chi connectivity index (χ1) is 14.0. The Morgan fingerprint density at radius 2 is 2.03 bits per heavy atom. The fraction of sp³-hybridized carbons (Fsp3) is 0.348. The summed E-state index contributed by atoms with van der Waals surface area (Å²) >= 11 is 0. The molecule has 1 aliphatic heterocycles. The molecule has 0 atom stereocenters. The number of aryl methyl sites for hydroxylation is 1. The van der Waals surface area contributed by atoms with E-state index in [0.29, 0.717) is 24.5 Å². The van der Waals surface area contributed by atoms with Gasteiger partial charge in [0.15, 0.2) is 6.29 Å². The Bertz CT molecular complexity index is 1000. The van der Waals surface area contributed by atoms with Gasteiger partial charge < -0.3 is 15.4 Å². The average molecular weight is 393 g/mol. The number of nitrogens with zero attached hydrogens (tertiary/aromatic N) is 2. The van der Waals surface area contributed by atoms with Crippen LogP contribution in [0.1, 0.15) is 41.2 Å². The van der Waals surface area contributed by atoms with E-state index in [1.54, 1.807) is 6.20 Å². The lowest BCUT2D eigenvalue weighted by Crippen LogP contribution is -2.34. The van der Waals surface area contributed by atoms with Gasteiger partial charge in [0.05, 0.1) is 16.8 Å². The van der Waals surface area contributed by atoms with Crippen LogP contribution in [-0.4, -0.2) is 36.5 Å². The van der Waals surface area contributed by atoms with Gasteiger partial charge in [-0.05, 0) is 39.3 Å². The Balaban J connectivity index is 0.000000169. The van der Waals surface area contributed by atoms with E-state index < -0.39 is 0 Å². The molecule has 152 valence electrons. The summed E-state index contributed by atoms with van der Waals surface area (Å²) < 4.78 is 5.44. The monoisotopic (exact) mass is 392 g/mol. The van der Waals surface area contributed by atoms with Crippen molar-refractivity contribution in [1.29, 1.82) is 0 Å². The van der Waals surface area contributed by atoms with E-state index in [9.17, 15) is 4.79 Å². The molecule has 1 aliphatic rings. The first kappa shape index (κ1) is 20.9. The molecule has 0 amide bonds. The summed E-state index contributed by atoms with van der Waals surface area (Å²) in [5.41, 5.74) is 3.55. The molecule has 0 bridgehead atoms. The second-order valence-electron chi connectivity index (χ2n) is 7.57. The van der Waals surface area contributed by atoms with Crippen LogP contribution in [-0.2, 0) is 12.1 Å². The lowest BCUT2D eigenvalue weighted by Gasteiger charge is -2.25. The molecule has 2 aromatic heterocycles. The molecule has 4 rings (SSSR count). The van der Waals surface area contributed by atoms with Gasteiger partial charge in [0.1, 0.15) is 12.4 Å². The highest BCUT2D eigenvalue weighted by molar-refractivity contribution is 5.85. The van der Waals surface area contributed by atoms with Crippen LogP contribution in [0.5, 0.6) is 5.75 Å². The zero-order valence-corrected chi connectivity index (χ0v) is 17.5. The van der Waals surface area contributed by atoms with Crippen LogP contribution in [0, 0.1) is 6.92 Å². The first-order valence-electron chi connectivity index (χ1n) is 9.77. The summed E-state index contributed by atoms with van der Waals surface area (Å²) in [5.74, 6) is 0.676. The summed E-state index contributed by atoms with van der Waals surface area (Å²) in [6.45, 7) is 8.46. The molecule has 0 saturated carbocycles. The van der Waals surface area contributed by atoms with Gasteiger partial charge in [-0.2, -0.15) is 0 Å². The van der Waals surface area contributed by atoms with Crippen LogP contribution in [0.2, 0.25) is 0 Å². The molecule has 0 saturated heterocycles. The topological polar surface area (TPSA) is 76.1 Å². The predicted molar refractivity (Wildman–Crippen MR) is 115 cm³/mol. The third kappa shape index (κ3) is 4.78. The highest BCUT2D eigenvalue weighted by Crippen LogP contribution is 2.27. The summed E-state index contributed by atoms with van der Waals surface area (Å²) in [4.78, 5) is 19.3. The van der Waals surface area contributed by atoms with Gasteiger partial charge in [0.2, 0.25) is 0 Å². The SMILES string of the molecule is CNC(C)(C)c1nc(C)cc2ccccc12.O=Cc1cncc2c1OCCNC2. The number of hydrogen-bond donors (Lipinski definition) is 2. The lowest BCUT2D eigenvalue weighted by molar-refractivity contribution is 0.111. The average Bonchev–Trinajstić information content (AvgIpc) is 2.99. The highest BCUT2D eigenvalue weighted by Gasteiger charge is 2.22. The molecule has 0 radical (unpaired) electrons. The largest absolute Gasteiger partial charge is 0.491 e. The number of benzene rings is 1. The molecule has 0 spiro atoms. The normalized spacial score (nSPS) is 13.5. The van der Waals surface area contributed by atoms with Gasteiger partial charge in [-0.15, -0.1) is 0 Å². The minimum atomic E-state index is -0.106. The van der Waals surface area contributed by atoms with Crippen molar-refractivity contribution < 1.29 is 9.53 Å². The van der Waals surface area contributed by atoms with Crippen molar-refractivity contribution in [2.45, 2.75) is 32.9 Å². The van der Waals surface area contributed by atoms with Crippen LogP contribution in [0.15, 0.2) is 42.7 Å². The molecular formula is C23H28N4O2. The number of nitrogens with one attached hydrogen (secondary N) is 2. The van der Waals surface area contributed by atoms with Gasteiger partial charge in [-0.3, -0.25) is 14.8 Å². The third-order valence-corrected chi connectivity index (χ3v) is 5.05. The minimum Gasteiger partial charge on any atom is -0.491 e. The van der Waals surface area contributed by atoms with Gasteiger partial charge >= 0.3 is 0 Å². The van der Waals surface area contributed by atoms with Crippen LogP contribution >= 0.6 is 0 Å². The maximum Gasteiger partial charge on any atom is 0.155 e. The van der Waals surface area contributed by atoms with E-state index in [1.165, 1.54) is 17.0 Å². The molecule has 2 N–H and O–H groups in total. The molecule has 1 aromatic carbocycles. The fourth-order valence-corrected chi connectivity index (χ4v) is 3.27. The maximum absolute atomic E-state index is 10.7. The van der Waals surface area contributed by atoms with Crippen molar-refractivity contribution in [2.75, 3.05) is 20.2 Å². The Morgan fingerprint density at radius 1 is 1.24 bits per heavy atom. The Hall–Kier alpha value is -2.83. The summed E-state index contributed by atoms with van der Waals surface area (Å²) in [6, 6.07) is 10.5. The first-order valence-corrected chi connectivity index (χ1v) is 9.77. The highest BCUT2D eigenvalue weighted by atomic mass is 16.5. The molecule has 0 fully saturated rings. The van der Waals surface area contributed by atoms with Crippen molar-refractivity contribution in [2.24, 2.45) is 0 Å². The fourth-order valence-electron chi connectivity index (χ4n) is 3.27. The van der Waals surface area contributed by atoms with Gasteiger partial charge in [0.25, 0.3) is 0 Å². The van der Waals surface area contributed by atoms with E-state index in [4.69, 9.17) is 4.74 Å². The van der Waals surface area contributed by atoms with Crippen molar-refractivity contribution in [3.05, 3.63) is 65.2 Å². The van der Waals surface area contributed by atoms with Gasteiger partial charge in [0, 0.05) is 42.1 Å². The number of pyridine rings is 2. The molecule has 0 unspecified atom stereocenters. The van der Waals surface area contributed by atoms with E-state index in [2.05, 4.69) is 64.8 Å². The number of aldehydes is 1. The van der Waals surface area contributed by atoms with Crippen LogP contribution < -0.4 is 15.4 Å². The number of carbonyl (C=O) groups is 1. The zero-order chi connectivity index (χ0) is 20.9. The van der Waals surface area contributed by atoms with Crippen molar-refractivity contribution >= 4 is 17.1 Å². The standard InChI is InChI=1S/C14H18N2.C9H10N2O2/c1-10-9-11-7-5-6-8-12(11)13(16-10)14(2,3)15-4;12-6-8-5-11-4-7-3-10-1-2-13-9(7)8/h5-9,15H,1-4H3;4-6,10H,1-3H2. The zero-order valence-electron chi connectivity index (χ0n) is 17.5. The number of fused-ring (bicyclic) bond motifs is 2. The van der Waals surface area contributed by atoms with Crippen molar-refractivity contribution in [3.63, 3.8) is 0 Å². The predicted octanol–water partition coefficient (Wildman–Crippen LogP) is 3.37. The van der Waals surface area contributed by atoms with Crippen molar-refractivity contribution in [3.8, 4) is 5.75 Å². The van der Waals surface area contributed by atoms with E-state index in [1.807, 2.05) is 14.0 Å². The maximum atomic E-state index is 10.7. The quantitative estimate of drug-likeness (QED) is 0.666. The number of hydrogen-bond acceptors (Lipinski definition) is 6. The molecule has 6 nitrogen and oxygen atoms in total. The number of carbonyl (C=O) groups excluding carboxylic acids is 1. The molecule has 29 heavy (non-hydrogen) atoms. The summed E-state index contributed by atoms with van der Waals surface area (Å²) in [6.07, 6.45) is 4.02. The summed E-state index contributed by atoms with van der Waals surface area (Å²) in [7, 11) is 1.97. The molecule has 6 heteroatoms.